The summed E-state index contributed by atoms with van der Waals surface area (Å²) >= 11 is 3.16. The van der Waals surface area contributed by atoms with Crippen molar-refractivity contribution in [2.24, 2.45) is 11.7 Å². The molecule has 1 unspecified atom stereocenters. The van der Waals surface area contributed by atoms with Crippen molar-refractivity contribution in [3.8, 4) is 0 Å². The molecule has 3 N–H and O–H groups in total. The molecule has 1 fully saturated rings. The first-order valence-corrected chi connectivity index (χ1v) is 6.42. The Balaban J connectivity index is 2.13. The van der Waals surface area contributed by atoms with E-state index in [1.54, 1.807) is 6.07 Å². The summed E-state index contributed by atoms with van der Waals surface area (Å²) in [6.45, 7) is 1.98. The Bertz CT molecular complexity index is 548. The number of benzene rings is 1. The van der Waals surface area contributed by atoms with Gasteiger partial charge in [0.25, 0.3) is 0 Å². The van der Waals surface area contributed by atoms with Crippen LogP contribution in [0.15, 0.2) is 16.6 Å². The van der Waals surface area contributed by atoms with E-state index in [0.29, 0.717) is 15.9 Å². The van der Waals surface area contributed by atoms with Gasteiger partial charge in [0.2, 0.25) is 0 Å². The topological polar surface area (TPSA) is 54.7 Å². The third-order valence-electron chi connectivity index (χ3n) is 3.46. The first kappa shape index (κ1) is 11.2. The van der Waals surface area contributed by atoms with E-state index in [0.717, 1.165) is 24.2 Å². The van der Waals surface area contributed by atoms with Crippen molar-refractivity contribution in [3.05, 3.63) is 28.2 Å². The fourth-order valence-corrected chi connectivity index (χ4v) is 2.47. The van der Waals surface area contributed by atoms with Crippen molar-refractivity contribution in [1.82, 2.24) is 9.97 Å². The number of hydrogen-bond donors (Lipinski definition) is 2. The summed E-state index contributed by atoms with van der Waals surface area (Å²) in [6, 6.07) is 3.12. The third-order valence-corrected chi connectivity index (χ3v) is 4.07. The molecule has 3 rings (SSSR count). The highest BCUT2D eigenvalue weighted by Gasteiger charge is 2.41. The van der Waals surface area contributed by atoms with Crippen LogP contribution in [0.5, 0.6) is 0 Å². The number of aromatic amines is 1. The van der Waals surface area contributed by atoms with Gasteiger partial charge in [-0.2, -0.15) is 0 Å². The van der Waals surface area contributed by atoms with Crippen LogP contribution in [0.4, 0.5) is 4.39 Å². The van der Waals surface area contributed by atoms with Gasteiger partial charge in [-0.15, -0.1) is 0 Å². The zero-order chi connectivity index (χ0) is 12.2. The van der Waals surface area contributed by atoms with Gasteiger partial charge in [-0.3, -0.25) is 0 Å². The van der Waals surface area contributed by atoms with Crippen molar-refractivity contribution in [1.29, 1.82) is 0 Å². The number of imidazole rings is 1. The minimum atomic E-state index is -0.442. The average Bonchev–Trinajstić information content (AvgIpc) is 3.03. The minimum Gasteiger partial charge on any atom is -0.340 e. The van der Waals surface area contributed by atoms with Crippen molar-refractivity contribution < 1.29 is 4.39 Å². The van der Waals surface area contributed by atoms with E-state index < -0.39 is 5.54 Å². The van der Waals surface area contributed by atoms with Crippen LogP contribution in [0.25, 0.3) is 11.0 Å². The highest BCUT2D eigenvalue weighted by atomic mass is 79.9. The van der Waals surface area contributed by atoms with Crippen LogP contribution in [-0.4, -0.2) is 9.97 Å². The van der Waals surface area contributed by atoms with E-state index in [-0.39, 0.29) is 5.82 Å². The molecule has 0 bridgehead atoms. The summed E-state index contributed by atoms with van der Waals surface area (Å²) in [5.41, 5.74) is 7.28. The molecule has 5 heteroatoms. The van der Waals surface area contributed by atoms with Crippen LogP contribution in [0.1, 0.15) is 25.6 Å². The van der Waals surface area contributed by atoms with Crippen molar-refractivity contribution >= 4 is 27.0 Å². The van der Waals surface area contributed by atoms with E-state index in [1.807, 2.05) is 6.92 Å². The van der Waals surface area contributed by atoms with Gasteiger partial charge in [0.1, 0.15) is 11.6 Å². The maximum absolute atomic E-state index is 13.4. The molecule has 90 valence electrons. The van der Waals surface area contributed by atoms with Crippen LogP contribution < -0.4 is 5.73 Å². The number of nitrogens with zero attached hydrogens (tertiary/aromatic N) is 1. The van der Waals surface area contributed by atoms with Gasteiger partial charge in [0, 0.05) is 6.07 Å². The lowest BCUT2D eigenvalue weighted by Gasteiger charge is -2.21. The quantitative estimate of drug-likeness (QED) is 0.895. The number of H-pyrrole nitrogens is 1. The van der Waals surface area contributed by atoms with E-state index in [4.69, 9.17) is 5.73 Å². The van der Waals surface area contributed by atoms with E-state index in [2.05, 4.69) is 25.9 Å². The Morgan fingerprint density at radius 2 is 2.24 bits per heavy atom. The molecule has 1 aromatic carbocycles. The molecule has 2 aromatic rings. The summed E-state index contributed by atoms with van der Waals surface area (Å²) in [6.07, 6.45) is 2.28. The Kier molecular flexibility index (Phi) is 2.32. The lowest BCUT2D eigenvalue weighted by molar-refractivity contribution is 0.405. The van der Waals surface area contributed by atoms with Gasteiger partial charge in [-0.1, -0.05) is 0 Å². The lowest BCUT2D eigenvalue weighted by atomic mass is 9.97. The SMILES string of the molecule is CC(N)(c1nc2cc(Br)c(F)cc2[nH]1)C1CC1. The Morgan fingerprint density at radius 1 is 1.53 bits per heavy atom. The Labute approximate surface area is 107 Å². The number of rotatable bonds is 2. The second kappa shape index (κ2) is 3.53. The molecule has 1 aliphatic carbocycles. The van der Waals surface area contributed by atoms with Gasteiger partial charge >= 0.3 is 0 Å². The smallest absolute Gasteiger partial charge is 0.139 e. The molecule has 1 heterocycles. The third kappa shape index (κ3) is 1.77. The molecule has 1 saturated carbocycles. The summed E-state index contributed by atoms with van der Waals surface area (Å²) in [5.74, 6) is 0.932. The van der Waals surface area contributed by atoms with Gasteiger partial charge in [-0.25, -0.2) is 9.37 Å². The molecule has 0 amide bonds. The summed E-state index contributed by atoms with van der Waals surface area (Å²) in [4.78, 5) is 7.60. The molecule has 0 spiro atoms. The fraction of sp³-hybridized carbons (Fsp3) is 0.417. The first-order chi connectivity index (χ1) is 7.98. The van der Waals surface area contributed by atoms with E-state index >= 15 is 0 Å². The maximum Gasteiger partial charge on any atom is 0.139 e. The number of aromatic nitrogens is 2. The van der Waals surface area contributed by atoms with Gasteiger partial charge in [0.05, 0.1) is 21.0 Å². The molecule has 0 aliphatic heterocycles. The van der Waals surface area contributed by atoms with Gasteiger partial charge in [0.15, 0.2) is 0 Å². The van der Waals surface area contributed by atoms with Crippen LogP contribution in [-0.2, 0) is 5.54 Å². The molecule has 1 aliphatic rings. The lowest BCUT2D eigenvalue weighted by Crippen LogP contribution is -2.36. The largest absolute Gasteiger partial charge is 0.340 e. The van der Waals surface area contributed by atoms with Crippen molar-refractivity contribution in [2.45, 2.75) is 25.3 Å². The number of hydrogen-bond acceptors (Lipinski definition) is 2. The number of fused-ring (bicyclic) bond motifs is 1. The average molecular weight is 298 g/mol. The van der Waals surface area contributed by atoms with Crippen LogP contribution in [0, 0.1) is 11.7 Å². The molecule has 0 saturated heterocycles. The molecule has 3 nitrogen and oxygen atoms in total. The zero-order valence-electron chi connectivity index (χ0n) is 9.43. The second-order valence-corrected chi connectivity index (χ2v) is 5.78. The number of nitrogens with two attached hydrogens (primary N) is 1. The second-order valence-electron chi connectivity index (χ2n) is 4.93. The van der Waals surface area contributed by atoms with Crippen molar-refractivity contribution in [3.63, 3.8) is 0 Å². The Morgan fingerprint density at radius 3 is 2.88 bits per heavy atom. The monoisotopic (exact) mass is 297 g/mol. The molecule has 0 radical (unpaired) electrons. The molecule has 1 atom stereocenters. The van der Waals surface area contributed by atoms with E-state index in [9.17, 15) is 4.39 Å². The standard InChI is InChI=1S/C12H13BrFN3/c1-12(15,6-2-3-6)11-16-9-4-7(13)8(14)5-10(9)17-11/h4-6H,2-3,15H2,1H3,(H,16,17). The van der Waals surface area contributed by atoms with Gasteiger partial charge < -0.3 is 10.7 Å². The van der Waals surface area contributed by atoms with Crippen LogP contribution >= 0.6 is 15.9 Å². The number of nitrogens with one attached hydrogen (secondary N) is 1. The first-order valence-electron chi connectivity index (χ1n) is 5.62. The molecule has 17 heavy (non-hydrogen) atoms. The fourth-order valence-electron chi connectivity index (χ4n) is 2.14. The highest BCUT2D eigenvalue weighted by molar-refractivity contribution is 9.10. The minimum absolute atomic E-state index is 0.294. The Hall–Kier alpha value is -0.940. The predicted octanol–water partition coefficient (Wildman–Crippen LogP) is 3.05. The van der Waals surface area contributed by atoms with Crippen molar-refractivity contribution in [2.75, 3.05) is 0 Å². The van der Waals surface area contributed by atoms with E-state index in [1.165, 1.54) is 6.07 Å². The van der Waals surface area contributed by atoms with Crippen LogP contribution in [0.2, 0.25) is 0 Å². The zero-order valence-corrected chi connectivity index (χ0v) is 11.0. The number of halogens is 2. The normalized spacial score (nSPS) is 19.5. The molecular formula is C12H13BrFN3. The van der Waals surface area contributed by atoms with Gasteiger partial charge in [-0.05, 0) is 47.7 Å². The predicted molar refractivity (Wildman–Crippen MR) is 68.0 cm³/mol. The molecule has 1 aromatic heterocycles. The summed E-state index contributed by atoms with van der Waals surface area (Å²) < 4.78 is 13.8. The molecular weight excluding hydrogens is 285 g/mol. The summed E-state index contributed by atoms with van der Waals surface area (Å²) in [5, 5.41) is 0. The van der Waals surface area contributed by atoms with Crippen LogP contribution in [0.3, 0.4) is 0 Å². The maximum atomic E-state index is 13.4. The highest BCUT2D eigenvalue weighted by Crippen LogP contribution is 2.43. The summed E-state index contributed by atoms with van der Waals surface area (Å²) in [7, 11) is 0.